The van der Waals surface area contributed by atoms with Crippen molar-refractivity contribution in [3.63, 3.8) is 0 Å². The molecule has 0 saturated carbocycles. The SMILES string of the molecule is [2H]C([2H])(OC(C)=O)C(=C)Br. The lowest BCUT2D eigenvalue weighted by Crippen LogP contribution is -1.98. The Balaban J connectivity index is 4.13. The fourth-order valence-electron chi connectivity index (χ4n) is 0.127. The van der Waals surface area contributed by atoms with Crippen LogP contribution in [0.3, 0.4) is 0 Å². The van der Waals surface area contributed by atoms with Crippen molar-refractivity contribution >= 4 is 21.9 Å². The van der Waals surface area contributed by atoms with Crippen LogP contribution in [0.25, 0.3) is 0 Å². The van der Waals surface area contributed by atoms with Gasteiger partial charge in [-0.25, -0.2) is 0 Å². The number of ether oxygens (including phenoxy) is 1. The van der Waals surface area contributed by atoms with Gasteiger partial charge in [0.25, 0.3) is 0 Å². The van der Waals surface area contributed by atoms with E-state index in [0.717, 1.165) is 6.92 Å². The van der Waals surface area contributed by atoms with Crippen LogP contribution in [0.1, 0.15) is 9.67 Å². The van der Waals surface area contributed by atoms with Gasteiger partial charge in [0.2, 0.25) is 0 Å². The van der Waals surface area contributed by atoms with Crippen molar-refractivity contribution in [2.24, 2.45) is 0 Å². The van der Waals surface area contributed by atoms with E-state index in [1.807, 2.05) is 0 Å². The summed E-state index contributed by atoms with van der Waals surface area (Å²) in [5.41, 5.74) is 0. The second kappa shape index (κ2) is 3.66. The third-order valence-corrected chi connectivity index (χ3v) is 0.467. The lowest BCUT2D eigenvalue weighted by Gasteiger charge is -1.95. The predicted molar refractivity (Wildman–Crippen MR) is 34.7 cm³/mol. The number of rotatable bonds is 2. The van der Waals surface area contributed by atoms with Crippen LogP contribution in [0.5, 0.6) is 0 Å². The summed E-state index contributed by atoms with van der Waals surface area (Å²) in [5, 5.41) is 0. The average Bonchev–Trinajstić information content (AvgIpc) is 1.60. The summed E-state index contributed by atoms with van der Waals surface area (Å²) in [6.07, 6.45) is 0. The van der Waals surface area contributed by atoms with E-state index in [4.69, 9.17) is 2.74 Å². The summed E-state index contributed by atoms with van der Waals surface area (Å²) in [4.78, 5) is 10.2. The molecule has 0 aromatic carbocycles. The van der Waals surface area contributed by atoms with Gasteiger partial charge < -0.3 is 4.74 Å². The summed E-state index contributed by atoms with van der Waals surface area (Å²) >= 11 is 2.78. The van der Waals surface area contributed by atoms with Gasteiger partial charge in [-0.3, -0.25) is 4.79 Å². The number of esters is 1. The molecular formula is C5H7BrO2. The average molecular weight is 181 g/mol. The number of carbonyl (C=O) groups is 1. The van der Waals surface area contributed by atoms with Crippen molar-refractivity contribution < 1.29 is 12.3 Å². The molecule has 0 aliphatic rings. The quantitative estimate of drug-likeness (QED) is 0.602. The Hall–Kier alpha value is -0.310. The van der Waals surface area contributed by atoms with Gasteiger partial charge in [-0.15, -0.1) is 0 Å². The lowest BCUT2D eigenvalue weighted by atomic mass is 10.7. The predicted octanol–water partition coefficient (Wildman–Crippen LogP) is 1.46. The molecule has 0 spiro atoms. The Bertz CT molecular complexity index is 167. The maximum atomic E-state index is 10.2. The first-order valence-corrected chi connectivity index (χ1v) is 2.70. The molecule has 0 heterocycles. The van der Waals surface area contributed by atoms with Crippen molar-refractivity contribution in [3.8, 4) is 0 Å². The molecule has 0 unspecified atom stereocenters. The molecular weight excluding hydrogens is 172 g/mol. The largest absolute Gasteiger partial charge is 0.460 e. The topological polar surface area (TPSA) is 26.3 Å². The molecule has 0 aliphatic carbocycles. The van der Waals surface area contributed by atoms with Gasteiger partial charge in [0, 0.05) is 11.4 Å². The minimum atomic E-state index is -2.11. The third kappa shape index (κ3) is 5.69. The molecule has 0 radical (unpaired) electrons. The summed E-state index contributed by atoms with van der Waals surface area (Å²) in [6, 6.07) is 0. The van der Waals surface area contributed by atoms with E-state index >= 15 is 0 Å². The highest BCUT2D eigenvalue weighted by Crippen LogP contribution is 1.99. The van der Waals surface area contributed by atoms with Gasteiger partial charge in [0.1, 0.15) is 6.56 Å². The van der Waals surface area contributed by atoms with Gasteiger partial charge in [-0.1, -0.05) is 22.5 Å². The highest BCUT2D eigenvalue weighted by Gasteiger charge is 1.90. The molecule has 0 aromatic heterocycles. The van der Waals surface area contributed by atoms with E-state index in [1.54, 1.807) is 0 Å². The van der Waals surface area contributed by atoms with Gasteiger partial charge in [0.15, 0.2) is 0 Å². The molecule has 0 N–H and O–H groups in total. The first kappa shape index (κ1) is 4.56. The lowest BCUT2D eigenvalue weighted by molar-refractivity contribution is -0.139. The van der Waals surface area contributed by atoms with E-state index in [9.17, 15) is 4.79 Å². The van der Waals surface area contributed by atoms with Crippen molar-refractivity contribution in [1.29, 1.82) is 0 Å². The first-order valence-electron chi connectivity index (χ1n) is 2.90. The van der Waals surface area contributed by atoms with Crippen molar-refractivity contribution in [3.05, 3.63) is 11.1 Å². The molecule has 0 amide bonds. The second-order valence-electron chi connectivity index (χ2n) is 1.10. The van der Waals surface area contributed by atoms with Crippen molar-refractivity contribution in [1.82, 2.24) is 0 Å². The molecule has 0 bridgehead atoms. The summed E-state index contributed by atoms with van der Waals surface area (Å²) in [5.74, 6) is -0.675. The van der Waals surface area contributed by atoms with Gasteiger partial charge in [0.05, 0.1) is 2.74 Å². The van der Waals surface area contributed by atoms with E-state index in [1.165, 1.54) is 0 Å². The zero-order chi connectivity index (χ0) is 8.36. The maximum absolute atomic E-state index is 10.2. The summed E-state index contributed by atoms with van der Waals surface area (Å²) in [7, 11) is 0. The minimum absolute atomic E-state index is 0.00444. The minimum Gasteiger partial charge on any atom is -0.460 e. The smallest absolute Gasteiger partial charge is 0.302 e. The van der Waals surface area contributed by atoms with Gasteiger partial charge in [-0.2, -0.15) is 0 Å². The molecule has 0 fully saturated rings. The number of hydrogen-bond donors (Lipinski definition) is 0. The Labute approximate surface area is 59.5 Å². The van der Waals surface area contributed by atoms with Crippen LogP contribution in [0.2, 0.25) is 0 Å². The Morgan fingerprint density at radius 1 is 2.12 bits per heavy atom. The monoisotopic (exact) mass is 180 g/mol. The molecule has 8 heavy (non-hydrogen) atoms. The highest BCUT2D eigenvalue weighted by atomic mass is 79.9. The highest BCUT2D eigenvalue weighted by molar-refractivity contribution is 9.11. The van der Waals surface area contributed by atoms with Crippen LogP contribution < -0.4 is 0 Å². The van der Waals surface area contributed by atoms with E-state index in [-0.39, 0.29) is 4.48 Å². The van der Waals surface area contributed by atoms with Crippen LogP contribution >= 0.6 is 15.9 Å². The fourth-order valence-corrected chi connectivity index (χ4v) is 0.208. The van der Waals surface area contributed by atoms with Crippen molar-refractivity contribution in [2.75, 3.05) is 6.56 Å². The summed E-state index contributed by atoms with van der Waals surface area (Å²) in [6.45, 7) is 2.27. The zero-order valence-electron chi connectivity index (χ0n) is 6.40. The third-order valence-electron chi connectivity index (χ3n) is 0.306. The van der Waals surface area contributed by atoms with Crippen molar-refractivity contribution in [2.45, 2.75) is 6.92 Å². The summed E-state index contributed by atoms with van der Waals surface area (Å²) < 4.78 is 18.2. The molecule has 2 nitrogen and oxygen atoms in total. The zero-order valence-corrected chi connectivity index (χ0v) is 5.99. The molecule has 0 aromatic rings. The Morgan fingerprint density at radius 2 is 2.62 bits per heavy atom. The number of hydrogen-bond acceptors (Lipinski definition) is 2. The molecule has 0 aliphatic heterocycles. The standard InChI is InChI=1S/C5H7BrO2/c1-4(6)3-8-5(2)7/h1,3H2,2H3/i3D2. The first-order chi connectivity index (χ1) is 4.36. The van der Waals surface area contributed by atoms with Gasteiger partial charge >= 0.3 is 5.97 Å². The molecule has 3 heteroatoms. The van der Waals surface area contributed by atoms with Crippen LogP contribution in [0.4, 0.5) is 0 Å². The second-order valence-corrected chi connectivity index (χ2v) is 2.06. The van der Waals surface area contributed by atoms with Crippen LogP contribution in [0.15, 0.2) is 11.1 Å². The molecule has 0 saturated heterocycles. The Kier molecular flexibility index (Phi) is 2.09. The van der Waals surface area contributed by atoms with Crippen LogP contribution in [-0.2, 0) is 9.53 Å². The number of halogens is 1. The van der Waals surface area contributed by atoms with Gasteiger partial charge in [-0.05, 0) is 0 Å². The maximum Gasteiger partial charge on any atom is 0.302 e. The Morgan fingerprint density at radius 3 is 2.75 bits per heavy atom. The van der Waals surface area contributed by atoms with E-state index in [2.05, 4.69) is 27.2 Å². The van der Waals surface area contributed by atoms with E-state index in [0.29, 0.717) is 0 Å². The molecule has 0 rings (SSSR count). The normalized spacial score (nSPS) is 13.8. The number of carbonyl (C=O) groups excluding carboxylic acids is 1. The molecule has 46 valence electrons. The fraction of sp³-hybridized carbons (Fsp3) is 0.400. The molecule has 0 atom stereocenters. The van der Waals surface area contributed by atoms with E-state index < -0.39 is 12.5 Å². The van der Waals surface area contributed by atoms with Crippen LogP contribution in [0, 0.1) is 0 Å². The van der Waals surface area contributed by atoms with Crippen LogP contribution in [-0.4, -0.2) is 12.5 Å².